The van der Waals surface area contributed by atoms with Gasteiger partial charge in [0, 0.05) is 19.2 Å². The van der Waals surface area contributed by atoms with Crippen molar-refractivity contribution in [1.29, 1.82) is 0 Å². The molecule has 1 N–H and O–H groups in total. The van der Waals surface area contributed by atoms with Crippen molar-refractivity contribution >= 4 is 17.7 Å². The number of hydrogen-bond donors (Lipinski definition) is 1. The number of methoxy groups -OCH3 is 1. The molecule has 0 aliphatic carbocycles. The number of aromatic nitrogens is 4. The Kier molecular flexibility index (Phi) is 5.37. The molecule has 0 bridgehead atoms. The number of nitrogens with zero attached hydrogens (tertiary/aromatic N) is 5. The van der Waals surface area contributed by atoms with E-state index < -0.39 is 5.82 Å². The molecule has 1 aromatic carbocycles. The lowest BCUT2D eigenvalue weighted by atomic mass is 10.1. The lowest BCUT2D eigenvalue weighted by molar-refractivity contribution is 0.102. The quantitative estimate of drug-likeness (QED) is 0.714. The first kappa shape index (κ1) is 18.9. The van der Waals surface area contributed by atoms with Crippen molar-refractivity contribution < 1.29 is 13.9 Å². The zero-order valence-electron chi connectivity index (χ0n) is 16.0. The standard InChI is InChI=1S/C20H21FN6O2/c1-29-17-5-3-2-4-16(17)19(28)25-18-6-9-24-27(18)15-7-10-26(11-8-15)20-22-12-14(21)13-23-20/h2-6,9,12-13,15H,7-8,10-11H2,1H3,(H,25,28). The van der Waals surface area contributed by atoms with Crippen LogP contribution in [0.5, 0.6) is 5.75 Å². The second kappa shape index (κ2) is 8.26. The normalized spacial score (nSPS) is 14.6. The molecule has 1 aliphatic rings. The third-order valence-corrected chi connectivity index (χ3v) is 4.96. The minimum Gasteiger partial charge on any atom is -0.496 e. The van der Waals surface area contributed by atoms with Crippen LogP contribution in [-0.2, 0) is 0 Å². The Morgan fingerprint density at radius 2 is 1.90 bits per heavy atom. The van der Waals surface area contributed by atoms with Gasteiger partial charge in [-0.15, -0.1) is 0 Å². The maximum absolute atomic E-state index is 13.0. The SMILES string of the molecule is COc1ccccc1C(=O)Nc1ccnn1C1CCN(c2ncc(F)cn2)CC1. The number of amides is 1. The Morgan fingerprint density at radius 1 is 1.17 bits per heavy atom. The van der Waals surface area contributed by atoms with Gasteiger partial charge in [-0.2, -0.15) is 5.10 Å². The van der Waals surface area contributed by atoms with Crippen LogP contribution in [0.15, 0.2) is 48.9 Å². The average Bonchev–Trinajstić information content (AvgIpc) is 3.22. The molecule has 29 heavy (non-hydrogen) atoms. The van der Waals surface area contributed by atoms with E-state index in [2.05, 4.69) is 20.4 Å². The fourth-order valence-electron chi connectivity index (χ4n) is 3.50. The highest BCUT2D eigenvalue weighted by Crippen LogP contribution is 2.27. The van der Waals surface area contributed by atoms with E-state index in [1.165, 1.54) is 19.5 Å². The second-order valence-electron chi connectivity index (χ2n) is 6.73. The monoisotopic (exact) mass is 396 g/mol. The number of halogens is 1. The van der Waals surface area contributed by atoms with Crippen LogP contribution in [0.1, 0.15) is 29.2 Å². The first-order valence-electron chi connectivity index (χ1n) is 9.36. The first-order valence-corrected chi connectivity index (χ1v) is 9.36. The Morgan fingerprint density at radius 3 is 2.62 bits per heavy atom. The average molecular weight is 396 g/mol. The molecule has 150 valence electrons. The molecule has 1 fully saturated rings. The van der Waals surface area contributed by atoms with E-state index in [9.17, 15) is 9.18 Å². The summed E-state index contributed by atoms with van der Waals surface area (Å²) in [4.78, 5) is 22.8. The third kappa shape index (κ3) is 4.03. The van der Waals surface area contributed by atoms with E-state index in [-0.39, 0.29) is 11.9 Å². The minimum absolute atomic E-state index is 0.134. The van der Waals surface area contributed by atoms with E-state index in [0.717, 1.165) is 25.9 Å². The smallest absolute Gasteiger partial charge is 0.260 e. The van der Waals surface area contributed by atoms with E-state index in [0.29, 0.717) is 23.1 Å². The number of ether oxygens (including phenoxy) is 1. The zero-order chi connectivity index (χ0) is 20.2. The largest absolute Gasteiger partial charge is 0.496 e. The Bertz CT molecular complexity index is 983. The van der Waals surface area contributed by atoms with Crippen LogP contribution in [0.3, 0.4) is 0 Å². The molecular formula is C20H21FN6O2. The van der Waals surface area contributed by atoms with Gasteiger partial charge in [0.2, 0.25) is 5.95 Å². The topological polar surface area (TPSA) is 85.2 Å². The zero-order valence-corrected chi connectivity index (χ0v) is 16.0. The van der Waals surface area contributed by atoms with Gasteiger partial charge in [0.15, 0.2) is 5.82 Å². The molecule has 0 saturated carbocycles. The molecule has 1 aliphatic heterocycles. The fraction of sp³-hybridized carbons (Fsp3) is 0.300. The number of carbonyl (C=O) groups is 1. The van der Waals surface area contributed by atoms with Crippen molar-refractivity contribution in [3.8, 4) is 5.75 Å². The highest BCUT2D eigenvalue weighted by molar-refractivity contribution is 6.05. The number of nitrogens with one attached hydrogen (secondary N) is 1. The third-order valence-electron chi connectivity index (χ3n) is 4.96. The van der Waals surface area contributed by atoms with Gasteiger partial charge in [-0.25, -0.2) is 19.0 Å². The van der Waals surface area contributed by atoms with E-state index in [4.69, 9.17) is 4.74 Å². The van der Waals surface area contributed by atoms with E-state index in [1.54, 1.807) is 30.5 Å². The summed E-state index contributed by atoms with van der Waals surface area (Å²) in [6.45, 7) is 1.44. The maximum Gasteiger partial charge on any atom is 0.260 e. The van der Waals surface area contributed by atoms with Gasteiger partial charge in [0.1, 0.15) is 11.6 Å². The van der Waals surface area contributed by atoms with Gasteiger partial charge in [0.25, 0.3) is 5.91 Å². The summed E-state index contributed by atoms with van der Waals surface area (Å²) in [5, 5.41) is 7.34. The van der Waals surface area contributed by atoms with Crippen LogP contribution in [0, 0.1) is 5.82 Å². The molecule has 0 spiro atoms. The molecule has 0 unspecified atom stereocenters. The van der Waals surface area contributed by atoms with Crippen molar-refractivity contribution in [3.05, 3.63) is 60.3 Å². The predicted molar refractivity (Wildman–Crippen MR) is 106 cm³/mol. The molecular weight excluding hydrogens is 375 g/mol. The number of benzene rings is 1. The number of carbonyl (C=O) groups excluding carboxylic acids is 1. The maximum atomic E-state index is 13.0. The lowest BCUT2D eigenvalue weighted by Crippen LogP contribution is -2.36. The highest BCUT2D eigenvalue weighted by Gasteiger charge is 2.25. The number of rotatable bonds is 5. The number of anilines is 2. The molecule has 2 aromatic heterocycles. The van der Waals surface area contributed by atoms with Crippen molar-refractivity contribution in [2.75, 3.05) is 30.4 Å². The summed E-state index contributed by atoms with van der Waals surface area (Å²) in [5.74, 6) is 0.980. The van der Waals surface area contributed by atoms with Crippen molar-refractivity contribution in [2.24, 2.45) is 0 Å². The van der Waals surface area contributed by atoms with Crippen LogP contribution < -0.4 is 15.0 Å². The summed E-state index contributed by atoms with van der Waals surface area (Å²) in [6.07, 6.45) is 5.63. The molecule has 0 atom stereocenters. The summed E-state index contributed by atoms with van der Waals surface area (Å²) in [6, 6.07) is 8.99. The molecule has 4 rings (SSSR count). The first-order chi connectivity index (χ1) is 14.2. The van der Waals surface area contributed by atoms with Gasteiger partial charge in [-0.3, -0.25) is 4.79 Å². The van der Waals surface area contributed by atoms with Crippen molar-refractivity contribution in [3.63, 3.8) is 0 Å². The second-order valence-corrected chi connectivity index (χ2v) is 6.73. The molecule has 1 saturated heterocycles. The Labute approximate surface area is 167 Å². The summed E-state index contributed by atoms with van der Waals surface area (Å²) >= 11 is 0. The summed E-state index contributed by atoms with van der Waals surface area (Å²) < 4.78 is 20.1. The van der Waals surface area contributed by atoms with E-state index in [1.807, 2.05) is 15.6 Å². The molecule has 3 aromatic rings. The number of hydrogen-bond acceptors (Lipinski definition) is 6. The van der Waals surface area contributed by atoms with Crippen LogP contribution in [0.25, 0.3) is 0 Å². The van der Waals surface area contributed by atoms with Crippen LogP contribution in [-0.4, -0.2) is 45.9 Å². The van der Waals surface area contributed by atoms with Gasteiger partial charge in [-0.05, 0) is 25.0 Å². The van der Waals surface area contributed by atoms with Crippen LogP contribution >= 0.6 is 0 Å². The summed E-state index contributed by atoms with van der Waals surface area (Å²) in [5.41, 5.74) is 0.464. The number of piperidine rings is 1. The minimum atomic E-state index is -0.449. The van der Waals surface area contributed by atoms with Gasteiger partial charge < -0.3 is 15.0 Å². The van der Waals surface area contributed by atoms with E-state index >= 15 is 0 Å². The lowest BCUT2D eigenvalue weighted by Gasteiger charge is -2.32. The molecule has 1 amide bonds. The van der Waals surface area contributed by atoms with Crippen LogP contribution in [0.4, 0.5) is 16.2 Å². The van der Waals surface area contributed by atoms with Crippen molar-refractivity contribution in [1.82, 2.24) is 19.7 Å². The predicted octanol–water partition coefficient (Wildman–Crippen LogP) is 2.91. The number of para-hydroxylation sites is 1. The van der Waals surface area contributed by atoms with Crippen LogP contribution in [0.2, 0.25) is 0 Å². The van der Waals surface area contributed by atoms with Gasteiger partial charge in [-0.1, -0.05) is 12.1 Å². The highest BCUT2D eigenvalue weighted by atomic mass is 19.1. The summed E-state index contributed by atoms with van der Waals surface area (Å²) in [7, 11) is 1.54. The molecule has 8 nitrogen and oxygen atoms in total. The molecule has 3 heterocycles. The van der Waals surface area contributed by atoms with Gasteiger partial charge >= 0.3 is 0 Å². The molecule has 0 radical (unpaired) electrons. The Balaban J connectivity index is 1.43. The Hall–Kier alpha value is -3.49. The van der Waals surface area contributed by atoms with Gasteiger partial charge in [0.05, 0.1) is 37.3 Å². The van der Waals surface area contributed by atoms with Crippen molar-refractivity contribution in [2.45, 2.75) is 18.9 Å². The molecule has 9 heteroatoms. The fourth-order valence-corrected chi connectivity index (χ4v) is 3.50.